The van der Waals surface area contributed by atoms with E-state index in [1.54, 1.807) is 0 Å². The third-order valence-corrected chi connectivity index (χ3v) is 2.45. The summed E-state index contributed by atoms with van der Waals surface area (Å²) in [6, 6.07) is 0.248. The van der Waals surface area contributed by atoms with Crippen LogP contribution < -0.4 is 5.32 Å². The Hall–Kier alpha value is -0.320. The summed E-state index contributed by atoms with van der Waals surface area (Å²) in [6.45, 7) is 8.91. The number of nitrogens with zero attached hydrogens (tertiary/aromatic N) is 1. The molecule has 1 aliphatic rings. The molecule has 5 heteroatoms. The average molecular weight is 237 g/mol. The number of hydrogen-bond donors (Lipinski definition) is 1. The Morgan fingerprint density at radius 2 is 2.27 bits per heavy atom. The molecule has 0 aromatic heterocycles. The molecule has 1 rings (SSSR count). The monoisotopic (exact) mass is 236 g/mol. The van der Waals surface area contributed by atoms with Gasteiger partial charge in [0.1, 0.15) is 6.10 Å². The van der Waals surface area contributed by atoms with Gasteiger partial charge in [0.2, 0.25) is 0 Å². The summed E-state index contributed by atoms with van der Waals surface area (Å²) in [4.78, 5) is 13.8. The van der Waals surface area contributed by atoms with E-state index in [4.69, 9.17) is 4.74 Å². The minimum Gasteiger partial charge on any atom is -0.366 e. The molecular weight excluding hydrogens is 216 g/mol. The largest absolute Gasteiger partial charge is 0.366 e. The quantitative estimate of drug-likeness (QED) is 0.783. The van der Waals surface area contributed by atoms with Crippen molar-refractivity contribution in [3.63, 3.8) is 0 Å². The van der Waals surface area contributed by atoms with Crippen molar-refractivity contribution in [2.75, 3.05) is 26.2 Å². The molecule has 0 aromatic rings. The Morgan fingerprint density at radius 1 is 1.60 bits per heavy atom. The maximum absolute atomic E-state index is 11.9. The molecule has 4 nitrogen and oxygen atoms in total. The highest BCUT2D eigenvalue weighted by Gasteiger charge is 2.27. The van der Waals surface area contributed by atoms with E-state index in [1.165, 1.54) is 0 Å². The molecule has 1 saturated heterocycles. The van der Waals surface area contributed by atoms with Gasteiger partial charge in [0.25, 0.3) is 5.91 Å². The zero-order valence-corrected chi connectivity index (χ0v) is 10.5. The summed E-state index contributed by atoms with van der Waals surface area (Å²) in [7, 11) is 0. The van der Waals surface area contributed by atoms with E-state index >= 15 is 0 Å². The van der Waals surface area contributed by atoms with Crippen LogP contribution in [-0.4, -0.2) is 49.2 Å². The van der Waals surface area contributed by atoms with Crippen molar-refractivity contribution in [1.29, 1.82) is 0 Å². The Morgan fingerprint density at radius 3 is 2.67 bits per heavy atom. The summed E-state index contributed by atoms with van der Waals surface area (Å²) in [5.41, 5.74) is 0. The lowest BCUT2D eigenvalue weighted by Crippen LogP contribution is -2.51. The third-order valence-electron chi connectivity index (χ3n) is 2.45. The van der Waals surface area contributed by atoms with Crippen LogP contribution in [-0.2, 0) is 9.53 Å². The van der Waals surface area contributed by atoms with Gasteiger partial charge in [-0.1, -0.05) is 0 Å². The lowest BCUT2D eigenvalue weighted by Gasteiger charge is -2.31. The average Bonchev–Trinajstić information content (AvgIpc) is 2.19. The molecular formula is C10H21ClN2O2. The first-order valence-electron chi connectivity index (χ1n) is 5.29. The summed E-state index contributed by atoms with van der Waals surface area (Å²) in [6.07, 6.45) is -0.286. The van der Waals surface area contributed by atoms with Crippen molar-refractivity contribution in [2.45, 2.75) is 32.9 Å². The highest BCUT2D eigenvalue weighted by molar-refractivity contribution is 5.85. The number of likely N-dealkylation sites (N-methyl/N-ethyl adjacent to an activating group) is 1. The molecule has 0 spiro atoms. The lowest BCUT2D eigenvalue weighted by molar-refractivity contribution is -0.146. The van der Waals surface area contributed by atoms with Crippen LogP contribution in [0.1, 0.15) is 20.8 Å². The van der Waals surface area contributed by atoms with Gasteiger partial charge in [-0.15, -0.1) is 12.4 Å². The SMILES string of the molecule is CCN(C(=O)[C@H]1CNCCO1)C(C)C.Cl. The molecule has 90 valence electrons. The lowest BCUT2D eigenvalue weighted by atomic mass is 10.2. The van der Waals surface area contributed by atoms with Gasteiger partial charge in [0.15, 0.2) is 0 Å². The summed E-state index contributed by atoms with van der Waals surface area (Å²) in [5.74, 6) is 0.106. The molecule has 1 fully saturated rings. The van der Waals surface area contributed by atoms with Gasteiger partial charge in [-0.2, -0.15) is 0 Å². The van der Waals surface area contributed by atoms with Crippen molar-refractivity contribution < 1.29 is 9.53 Å². The maximum Gasteiger partial charge on any atom is 0.253 e. The predicted octanol–water partition coefficient (Wildman–Crippen LogP) is 0.653. The number of carbonyl (C=O) groups excluding carboxylic acids is 1. The Labute approximate surface area is 97.8 Å². The first-order chi connectivity index (χ1) is 6.66. The highest BCUT2D eigenvalue weighted by atomic mass is 35.5. The van der Waals surface area contributed by atoms with Crippen molar-refractivity contribution in [2.24, 2.45) is 0 Å². The zero-order chi connectivity index (χ0) is 10.6. The summed E-state index contributed by atoms with van der Waals surface area (Å²) >= 11 is 0. The Bertz CT molecular complexity index is 194. The van der Waals surface area contributed by atoms with Crippen LogP contribution in [0.4, 0.5) is 0 Å². The molecule has 1 atom stereocenters. The number of carbonyl (C=O) groups is 1. The highest BCUT2D eigenvalue weighted by Crippen LogP contribution is 2.06. The van der Waals surface area contributed by atoms with Gasteiger partial charge >= 0.3 is 0 Å². The third kappa shape index (κ3) is 3.97. The molecule has 15 heavy (non-hydrogen) atoms. The minimum atomic E-state index is -0.286. The molecule has 0 bridgehead atoms. The molecule has 0 aromatic carbocycles. The van der Waals surface area contributed by atoms with Crippen LogP contribution in [0.2, 0.25) is 0 Å². The molecule has 1 amide bonds. The van der Waals surface area contributed by atoms with E-state index in [1.807, 2.05) is 25.7 Å². The van der Waals surface area contributed by atoms with E-state index in [2.05, 4.69) is 5.32 Å². The van der Waals surface area contributed by atoms with Crippen molar-refractivity contribution >= 4 is 18.3 Å². The maximum atomic E-state index is 11.9. The van der Waals surface area contributed by atoms with Crippen molar-refractivity contribution in [3.05, 3.63) is 0 Å². The van der Waals surface area contributed by atoms with Gasteiger partial charge in [-0.05, 0) is 20.8 Å². The van der Waals surface area contributed by atoms with Crippen molar-refractivity contribution in [3.8, 4) is 0 Å². The number of ether oxygens (including phenoxy) is 1. The second-order valence-corrected chi connectivity index (χ2v) is 3.78. The van der Waals surface area contributed by atoms with Gasteiger partial charge in [0.05, 0.1) is 6.61 Å². The zero-order valence-electron chi connectivity index (χ0n) is 9.66. The molecule has 0 radical (unpaired) electrons. The van der Waals surface area contributed by atoms with Gasteiger partial charge in [-0.3, -0.25) is 4.79 Å². The first kappa shape index (κ1) is 14.7. The standard InChI is InChI=1S/C10H20N2O2.ClH/c1-4-12(8(2)3)10(13)9-7-11-5-6-14-9;/h8-9,11H,4-7H2,1-3H3;1H/t9-;/m1./s1. The number of halogens is 1. The van der Waals surface area contributed by atoms with Crippen LogP contribution in [0.15, 0.2) is 0 Å². The number of rotatable bonds is 3. The van der Waals surface area contributed by atoms with Crippen LogP contribution in [0.3, 0.4) is 0 Å². The van der Waals surface area contributed by atoms with Crippen LogP contribution in [0, 0.1) is 0 Å². The fourth-order valence-electron chi connectivity index (χ4n) is 1.68. The fourth-order valence-corrected chi connectivity index (χ4v) is 1.68. The van der Waals surface area contributed by atoms with Gasteiger partial charge in [0, 0.05) is 25.7 Å². The normalized spacial score (nSPS) is 20.9. The Kier molecular flexibility index (Phi) is 6.89. The second-order valence-electron chi connectivity index (χ2n) is 3.78. The van der Waals surface area contributed by atoms with Crippen LogP contribution >= 0.6 is 12.4 Å². The Balaban J connectivity index is 0.00000196. The predicted molar refractivity (Wildman–Crippen MR) is 62.4 cm³/mol. The fraction of sp³-hybridized carbons (Fsp3) is 0.900. The molecule has 0 unspecified atom stereocenters. The van der Waals surface area contributed by atoms with E-state index in [-0.39, 0.29) is 30.5 Å². The second kappa shape index (κ2) is 7.04. The number of amides is 1. The van der Waals surface area contributed by atoms with E-state index < -0.39 is 0 Å². The molecule has 1 heterocycles. The number of nitrogens with one attached hydrogen (secondary N) is 1. The van der Waals surface area contributed by atoms with Crippen molar-refractivity contribution in [1.82, 2.24) is 10.2 Å². The van der Waals surface area contributed by atoms with Crippen LogP contribution in [0.25, 0.3) is 0 Å². The first-order valence-corrected chi connectivity index (χ1v) is 5.29. The van der Waals surface area contributed by atoms with Gasteiger partial charge < -0.3 is 15.0 Å². The van der Waals surface area contributed by atoms with E-state index in [0.717, 1.165) is 13.1 Å². The minimum absolute atomic E-state index is 0. The van der Waals surface area contributed by atoms with Gasteiger partial charge in [-0.25, -0.2) is 0 Å². The van der Waals surface area contributed by atoms with Crippen LogP contribution in [0.5, 0.6) is 0 Å². The molecule has 1 aliphatic heterocycles. The molecule has 0 aliphatic carbocycles. The summed E-state index contributed by atoms with van der Waals surface area (Å²) < 4.78 is 5.42. The van der Waals surface area contributed by atoms with E-state index in [9.17, 15) is 4.79 Å². The number of morpholine rings is 1. The smallest absolute Gasteiger partial charge is 0.253 e. The number of hydrogen-bond acceptors (Lipinski definition) is 3. The summed E-state index contributed by atoms with van der Waals surface area (Å²) in [5, 5.41) is 3.16. The topological polar surface area (TPSA) is 41.6 Å². The van der Waals surface area contributed by atoms with E-state index in [0.29, 0.717) is 13.2 Å². The molecule has 1 N–H and O–H groups in total. The molecule has 0 saturated carbocycles.